The molecule has 0 atom stereocenters. The summed E-state index contributed by atoms with van der Waals surface area (Å²) in [5.74, 6) is 0.383. The van der Waals surface area contributed by atoms with Crippen molar-refractivity contribution in [1.29, 1.82) is 0 Å². The molecule has 0 fully saturated rings. The minimum Gasteiger partial charge on any atom is -0.327 e. The van der Waals surface area contributed by atoms with Gasteiger partial charge in [-0.05, 0) is 48.5 Å². The smallest absolute Gasteiger partial charge is 0.327 e. The predicted molar refractivity (Wildman–Crippen MR) is 126 cm³/mol. The van der Waals surface area contributed by atoms with Gasteiger partial charge in [0.25, 0.3) is 11.5 Å². The van der Waals surface area contributed by atoms with Crippen LogP contribution in [0.4, 0.5) is 5.69 Å². The highest BCUT2D eigenvalue weighted by atomic mass is 16.2. The highest BCUT2D eigenvalue weighted by Crippen LogP contribution is 2.25. The summed E-state index contributed by atoms with van der Waals surface area (Å²) in [6, 6.07) is 18.2. The summed E-state index contributed by atoms with van der Waals surface area (Å²) >= 11 is 0. The third kappa shape index (κ3) is 3.30. The summed E-state index contributed by atoms with van der Waals surface area (Å²) in [4.78, 5) is 46.2. The van der Waals surface area contributed by atoms with Crippen LogP contribution >= 0.6 is 0 Å². The Kier molecular flexibility index (Phi) is 4.67. The highest BCUT2D eigenvalue weighted by Gasteiger charge is 2.15. The number of fused-ring (bicyclic) bond motifs is 2. The number of amides is 1. The third-order valence-corrected chi connectivity index (χ3v) is 5.72. The van der Waals surface area contributed by atoms with Crippen molar-refractivity contribution >= 4 is 33.7 Å². The van der Waals surface area contributed by atoms with Gasteiger partial charge >= 0.3 is 5.69 Å². The van der Waals surface area contributed by atoms with Crippen molar-refractivity contribution in [2.75, 3.05) is 5.32 Å². The van der Waals surface area contributed by atoms with E-state index in [2.05, 4.69) is 15.3 Å². The van der Waals surface area contributed by atoms with Gasteiger partial charge in [-0.25, -0.2) is 14.8 Å². The number of aromatic nitrogens is 5. The second-order valence-corrected chi connectivity index (χ2v) is 7.79. The fourth-order valence-corrected chi connectivity index (χ4v) is 3.88. The number of carbonyl (C=O) groups is 1. The first kappa shape index (κ1) is 20.4. The molecular weight excluding hydrogens is 420 g/mol. The maximum atomic E-state index is 12.8. The van der Waals surface area contributed by atoms with Crippen LogP contribution in [0.1, 0.15) is 10.5 Å². The van der Waals surface area contributed by atoms with Gasteiger partial charge in [0.05, 0.1) is 16.4 Å². The van der Waals surface area contributed by atoms with E-state index in [1.165, 1.54) is 30.8 Å². The number of carbonyl (C=O) groups excluding carboxylic acids is 1. The van der Waals surface area contributed by atoms with E-state index in [9.17, 15) is 14.4 Å². The third-order valence-electron chi connectivity index (χ3n) is 5.72. The largest absolute Gasteiger partial charge is 0.332 e. The number of nitrogens with one attached hydrogen (secondary N) is 1. The lowest BCUT2D eigenvalue weighted by molar-refractivity contribution is 0.102. The molecule has 1 N–H and O–H groups in total. The number of imidazole rings is 1. The first-order valence-electron chi connectivity index (χ1n) is 10.2. The fraction of sp³-hybridized carbons (Fsp3) is 0.125. The van der Waals surface area contributed by atoms with Crippen LogP contribution in [0.25, 0.3) is 33.5 Å². The van der Waals surface area contributed by atoms with Crippen LogP contribution in [0.5, 0.6) is 0 Å². The maximum absolute atomic E-state index is 12.8. The van der Waals surface area contributed by atoms with E-state index in [4.69, 9.17) is 0 Å². The van der Waals surface area contributed by atoms with Gasteiger partial charge in [0.15, 0.2) is 0 Å². The Hall–Kier alpha value is -4.53. The molecule has 5 aromatic rings. The molecule has 9 nitrogen and oxygen atoms in total. The van der Waals surface area contributed by atoms with Crippen LogP contribution < -0.4 is 16.6 Å². The SMILES string of the molecule is Cn1c(=O)c2ccc(C(=O)Nc3ccc(-c4nc5ccccc5n4C)cc3)nc2n(C)c1=O. The molecule has 164 valence electrons. The molecule has 0 spiro atoms. The number of anilines is 1. The van der Waals surface area contributed by atoms with Crippen LogP contribution in [0, 0.1) is 0 Å². The fourth-order valence-electron chi connectivity index (χ4n) is 3.88. The van der Waals surface area contributed by atoms with Crippen molar-refractivity contribution in [3.05, 3.63) is 87.2 Å². The monoisotopic (exact) mass is 440 g/mol. The lowest BCUT2D eigenvalue weighted by atomic mass is 10.2. The quantitative estimate of drug-likeness (QED) is 0.464. The Balaban J connectivity index is 1.43. The molecule has 3 aromatic heterocycles. The minimum atomic E-state index is -0.505. The Labute approximate surface area is 187 Å². The average Bonchev–Trinajstić information content (AvgIpc) is 3.18. The molecule has 0 saturated carbocycles. The van der Waals surface area contributed by atoms with E-state index in [0.29, 0.717) is 5.69 Å². The summed E-state index contributed by atoms with van der Waals surface area (Å²) in [5, 5.41) is 3.07. The Morgan fingerprint density at radius 1 is 0.818 bits per heavy atom. The molecule has 0 aliphatic carbocycles. The number of hydrogen-bond acceptors (Lipinski definition) is 5. The molecule has 1 amide bonds. The van der Waals surface area contributed by atoms with Gasteiger partial charge in [0.1, 0.15) is 17.2 Å². The molecule has 0 saturated heterocycles. The Morgan fingerprint density at radius 3 is 2.27 bits per heavy atom. The van der Waals surface area contributed by atoms with Gasteiger partial charge in [0.2, 0.25) is 0 Å². The zero-order valence-corrected chi connectivity index (χ0v) is 18.2. The van der Waals surface area contributed by atoms with E-state index in [1.807, 2.05) is 48.0 Å². The molecular formula is C24H20N6O3. The van der Waals surface area contributed by atoms with Crippen molar-refractivity contribution in [1.82, 2.24) is 23.7 Å². The first-order chi connectivity index (χ1) is 15.8. The molecule has 0 bridgehead atoms. The van der Waals surface area contributed by atoms with Crippen LogP contribution in [0.3, 0.4) is 0 Å². The van der Waals surface area contributed by atoms with Crippen LogP contribution in [0.2, 0.25) is 0 Å². The molecule has 33 heavy (non-hydrogen) atoms. The number of benzene rings is 2. The summed E-state index contributed by atoms with van der Waals surface area (Å²) in [5.41, 5.74) is 2.76. The van der Waals surface area contributed by atoms with E-state index in [1.54, 1.807) is 12.1 Å². The molecule has 0 radical (unpaired) electrons. The van der Waals surface area contributed by atoms with E-state index in [-0.39, 0.29) is 16.7 Å². The average molecular weight is 440 g/mol. The number of rotatable bonds is 3. The normalized spacial score (nSPS) is 11.2. The van der Waals surface area contributed by atoms with Crippen molar-refractivity contribution < 1.29 is 4.79 Å². The van der Waals surface area contributed by atoms with Crippen molar-refractivity contribution in [3.8, 4) is 11.4 Å². The predicted octanol–water partition coefficient (Wildman–Crippen LogP) is 2.44. The zero-order chi connectivity index (χ0) is 23.3. The molecule has 0 aliphatic rings. The minimum absolute atomic E-state index is 0.102. The number of nitrogens with zero attached hydrogens (tertiary/aromatic N) is 5. The second kappa shape index (κ2) is 7.56. The van der Waals surface area contributed by atoms with E-state index >= 15 is 0 Å². The Morgan fingerprint density at radius 2 is 1.55 bits per heavy atom. The standard InChI is InChI=1S/C24H20N6O3/c1-28-19-7-5-4-6-17(19)26-20(28)14-8-10-15(11-9-14)25-22(31)18-13-12-16-21(27-18)29(2)24(33)30(3)23(16)32/h4-13H,1-3H3,(H,25,31). The van der Waals surface area contributed by atoms with Gasteiger partial charge in [0, 0.05) is 32.4 Å². The second-order valence-electron chi connectivity index (χ2n) is 7.79. The number of aryl methyl sites for hydroxylation is 2. The zero-order valence-electron chi connectivity index (χ0n) is 18.2. The van der Waals surface area contributed by atoms with E-state index < -0.39 is 17.2 Å². The highest BCUT2D eigenvalue weighted by molar-refractivity contribution is 6.04. The number of para-hydroxylation sites is 2. The topological polar surface area (TPSA) is 104 Å². The maximum Gasteiger partial charge on any atom is 0.332 e. The number of pyridine rings is 1. The van der Waals surface area contributed by atoms with Crippen molar-refractivity contribution in [2.45, 2.75) is 0 Å². The van der Waals surface area contributed by atoms with Crippen molar-refractivity contribution in [2.24, 2.45) is 21.1 Å². The first-order valence-corrected chi connectivity index (χ1v) is 10.2. The molecule has 5 rings (SSSR count). The molecule has 2 aromatic carbocycles. The van der Waals surface area contributed by atoms with Gasteiger partial charge in [-0.3, -0.25) is 18.7 Å². The van der Waals surface area contributed by atoms with Crippen LogP contribution in [-0.4, -0.2) is 29.6 Å². The molecule has 3 heterocycles. The Bertz CT molecular complexity index is 1680. The molecule has 0 aliphatic heterocycles. The lowest BCUT2D eigenvalue weighted by Crippen LogP contribution is -2.37. The summed E-state index contributed by atoms with van der Waals surface area (Å²) in [6.07, 6.45) is 0. The lowest BCUT2D eigenvalue weighted by Gasteiger charge is -2.09. The summed E-state index contributed by atoms with van der Waals surface area (Å²) in [6.45, 7) is 0. The van der Waals surface area contributed by atoms with Gasteiger partial charge in [-0.15, -0.1) is 0 Å². The van der Waals surface area contributed by atoms with Gasteiger partial charge < -0.3 is 9.88 Å². The summed E-state index contributed by atoms with van der Waals surface area (Å²) in [7, 11) is 4.88. The van der Waals surface area contributed by atoms with Crippen molar-refractivity contribution in [3.63, 3.8) is 0 Å². The summed E-state index contributed by atoms with van der Waals surface area (Å²) < 4.78 is 4.28. The number of hydrogen-bond donors (Lipinski definition) is 1. The van der Waals surface area contributed by atoms with Crippen LogP contribution in [0.15, 0.2) is 70.3 Å². The molecule has 9 heteroatoms. The van der Waals surface area contributed by atoms with E-state index in [0.717, 1.165) is 27.0 Å². The van der Waals surface area contributed by atoms with Gasteiger partial charge in [-0.2, -0.15) is 0 Å². The van der Waals surface area contributed by atoms with Crippen LogP contribution in [-0.2, 0) is 21.1 Å². The van der Waals surface area contributed by atoms with Gasteiger partial charge in [-0.1, -0.05) is 12.1 Å². The molecule has 0 unspecified atom stereocenters.